The molecule has 0 radical (unpaired) electrons. The summed E-state index contributed by atoms with van der Waals surface area (Å²) in [5.74, 6) is 2.44. The van der Waals surface area contributed by atoms with E-state index < -0.39 is 0 Å². The number of para-hydroxylation sites is 1. The highest BCUT2D eigenvalue weighted by Gasteiger charge is 2.55. The van der Waals surface area contributed by atoms with Gasteiger partial charge in [-0.05, 0) is 43.6 Å². The molecule has 4 atom stereocenters. The van der Waals surface area contributed by atoms with Gasteiger partial charge in [-0.1, -0.05) is 18.2 Å². The van der Waals surface area contributed by atoms with E-state index in [1.165, 1.54) is 19.3 Å². The van der Waals surface area contributed by atoms with Gasteiger partial charge in [0.15, 0.2) is 0 Å². The fourth-order valence-corrected chi connectivity index (χ4v) is 4.32. The van der Waals surface area contributed by atoms with Crippen LogP contribution in [-0.4, -0.2) is 10.7 Å². The summed E-state index contributed by atoms with van der Waals surface area (Å²) in [5, 5.41) is 10.3. The largest absolute Gasteiger partial charge is 0.486 e. The van der Waals surface area contributed by atoms with Crippen LogP contribution in [0.15, 0.2) is 24.3 Å². The van der Waals surface area contributed by atoms with Gasteiger partial charge in [-0.2, -0.15) is 0 Å². The minimum absolute atomic E-state index is 0.0450. The molecule has 2 bridgehead atoms. The van der Waals surface area contributed by atoms with Crippen molar-refractivity contribution in [3.05, 3.63) is 29.8 Å². The third-order valence-electron chi connectivity index (χ3n) is 5.05. The summed E-state index contributed by atoms with van der Waals surface area (Å²) in [6.45, 7) is 0. The lowest BCUT2D eigenvalue weighted by atomic mass is 9.77. The second-order valence-corrected chi connectivity index (χ2v) is 6.00. The molecule has 90 valence electrons. The van der Waals surface area contributed by atoms with Crippen LogP contribution in [0, 0.1) is 11.8 Å². The lowest BCUT2D eigenvalue weighted by Gasteiger charge is -2.43. The number of aliphatic hydroxyl groups is 1. The van der Waals surface area contributed by atoms with Crippen molar-refractivity contribution in [2.75, 3.05) is 0 Å². The van der Waals surface area contributed by atoms with Crippen molar-refractivity contribution in [3.8, 4) is 5.75 Å². The molecule has 0 saturated heterocycles. The predicted octanol–water partition coefficient (Wildman–Crippen LogP) is 3.06. The van der Waals surface area contributed by atoms with Crippen LogP contribution in [0.4, 0.5) is 0 Å². The summed E-state index contributed by atoms with van der Waals surface area (Å²) >= 11 is 0. The first-order valence-corrected chi connectivity index (χ1v) is 6.73. The topological polar surface area (TPSA) is 29.5 Å². The van der Waals surface area contributed by atoms with E-state index >= 15 is 0 Å². The summed E-state index contributed by atoms with van der Waals surface area (Å²) in [6.07, 6.45) is 5.59. The molecule has 4 unspecified atom stereocenters. The Hall–Kier alpha value is -1.02. The molecule has 1 heterocycles. The van der Waals surface area contributed by atoms with Crippen molar-refractivity contribution in [2.45, 2.75) is 43.8 Å². The molecule has 2 heteroatoms. The van der Waals surface area contributed by atoms with E-state index in [0.29, 0.717) is 5.92 Å². The quantitative estimate of drug-likeness (QED) is 0.742. The van der Waals surface area contributed by atoms with Crippen LogP contribution in [0.1, 0.15) is 43.8 Å². The average molecular weight is 230 g/mol. The van der Waals surface area contributed by atoms with E-state index in [0.717, 1.165) is 30.1 Å². The van der Waals surface area contributed by atoms with Crippen molar-refractivity contribution in [1.82, 2.24) is 0 Å². The van der Waals surface area contributed by atoms with Crippen molar-refractivity contribution in [2.24, 2.45) is 11.8 Å². The highest BCUT2D eigenvalue weighted by atomic mass is 16.5. The molecule has 4 rings (SSSR count). The molecular weight excluding hydrogens is 212 g/mol. The standard InChI is InChI=1S/C15H18O2/c16-13-9-15(8-10-5-6-11(15)7-10)17-14-4-2-1-3-12(13)14/h1-4,10-11,13,16H,5-9H2. The van der Waals surface area contributed by atoms with E-state index in [1.54, 1.807) is 0 Å². The molecule has 2 fully saturated rings. The van der Waals surface area contributed by atoms with Gasteiger partial charge < -0.3 is 9.84 Å². The van der Waals surface area contributed by atoms with Gasteiger partial charge in [-0.25, -0.2) is 0 Å². The molecule has 1 aromatic carbocycles. The van der Waals surface area contributed by atoms with E-state index in [1.807, 2.05) is 24.3 Å². The predicted molar refractivity (Wildman–Crippen MR) is 64.8 cm³/mol. The number of ether oxygens (including phenoxy) is 1. The number of benzene rings is 1. The van der Waals surface area contributed by atoms with Gasteiger partial charge in [-0.15, -0.1) is 0 Å². The second kappa shape index (κ2) is 3.26. The van der Waals surface area contributed by atoms with Crippen LogP contribution in [0.3, 0.4) is 0 Å². The zero-order valence-electron chi connectivity index (χ0n) is 9.93. The van der Waals surface area contributed by atoms with Gasteiger partial charge in [0.25, 0.3) is 0 Å². The molecule has 1 spiro atoms. The Morgan fingerprint density at radius 2 is 2.06 bits per heavy atom. The van der Waals surface area contributed by atoms with Gasteiger partial charge >= 0.3 is 0 Å². The lowest BCUT2D eigenvalue weighted by Crippen LogP contribution is -2.45. The number of hydrogen-bond acceptors (Lipinski definition) is 2. The van der Waals surface area contributed by atoms with E-state index in [9.17, 15) is 5.11 Å². The first kappa shape index (κ1) is 9.95. The Bertz CT molecular complexity index is 456. The maximum absolute atomic E-state index is 10.3. The minimum Gasteiger partial charge on any atom is -0.486 e. The third-order valence-corrected chi connectivity index (χ3v) is 5.05. The number of hydrogen-bond donors (Lipinski definition) is 1. The van der Waals surface area contributed by atoms with Crippen molar-refractivity contribution < 1.29 is 9.84 Å². The SMILES string of the molecule is OC1CC2(CC3CCC2C3)Oc2ccccc21. The fraction of sp³-hybridized carbons (Fsp3) is 0.600. The van der Waals surface area contributed by atoms with Crippen LogP contribution in [0.25, 0.3) is 0 Å². The van der Waals surface area contributed by atoms with Gasteiger partial charge in [0.05, 0.1) is 6.10 Å². The van der Waals surface area contributed by atoms with E-state index in [2.05, 4.69) is 0 Å². The molecule has 0 aromatic heterocycles. The van der Waals surface area contributed by atoms with Crippen molar-refractivity contribution in [1.29, 1.82) is 0 Å². The Morgan fingerprint density at radius 1 is 1.18 bits per heavy atom. The summed E-state index contributed by atoms with van der Waals surface area (Å²) in [6, 6.07) is 7.97. The number of fused-ring (bicyclic) bond motifs is 4. The maximum atomic E-state index is 10.3. The highest BCUT2D eigenvalue weighted by molar-refractivity contribution is 5.38. The van der Waals surface area contributed by atoms with Crippen molar-refractivity contribution in [3.63, 3.8) is 0 Å². The monoisotopic (exact) mass is 230 g/mol. The van der Waals surface area contributed by atoms with Crippen molar-refractivity contribution >= 4 is 0 Å². The molecule has 2 nitrogen and oxygen atoms in total. The van der Waals surface area contributed by atoms with E-state index in [-0.39, 0.29) is 11.7 Å². The second-order valence-electron chi connectivity index (χ2n) is 6.00. The first-order valence-electron chi connectivity index (χ1n) is 6.73. The molecular formula is C15H18O2. The summed E-state index contributed by atoms with van der Waals surface area (Å²) in [4.78, 5) is 0. The number of rotatable bonds is 0. The molecule has 1 N–H and O–H groups in total. The molecule has 3 aliphatic rings. The van der Waals surface area contributed by atoms with Gasteiger partial charge in [0, 0.05) is 12.0 Å². The van der Waals surface area contributed by atoms with Gasteiger partial charge in [-0.3, -0.25) is 0 Å². The maximum Gasteiger partial charge on any atom is 0.125 e. The molecule has 1 aromatic rings. The van der Waals surface area contributed by atoms with Gasteiger partial charge in [0.1, 0.15) is 11.4 Å². The Balaban J connectivity index is 1.74. The Kier molecular flexibility index (Phi) is 1.91. The summed E-state index contributed by atoms with van der Waals surface area (Å²) < 4.78 is 6.32. The lowest BCUT2D eigenvalue weighted by molar-refractivity contribution is -0.0509. The third kappa shape index (κ3) is 1.30. The molecule has 17 heavy (non-hydrogen) atoms. The minimum atomic E-state index is -0.334. The molecule has 1 aliphatic heterocycles. The molecule has 2 saturated carbocycles. The Labute approximate surface area is 102 Å². The molecule has 2 aliphatic carbocycles. The first-order chi connectivity index (χ1) is 8.27. The average Bonchev–Trinajstić information content (AvgIpc) is 2.89. The fourth-order valence-electron chi connectivity index (χ4n) is 4.32. The van der Waals surface area contributed by atoms with Crippen LogP contribution < -0.4 is 4.74 Å². The van der Waals surface area contributed by atoms with Gasteiger partial charge in [0.2, 0.25) is 0 Å². The molecule has 0 amide bonds. The zero-order valence-corrected chi connectivity index (χ0v) is 9.93. The number of aliphatic hydroxyl groups excluding tert-OH is 1. The highest BCUT2D eigenvalue weighted by Crippen LogP contribution is 2.57. The van der Waals surface area contributed by atoms with Crippen LogP contribution in [0.5, 0.6) is 5.75 Å². The van der Waals surface area contributed by atoms with Crippen LogP contribution in [0.2, 0.25) is 0 Å². The Morgan fingerprint density at radius 3 is 2.82 bits per heavy atom. The summed E-state index contributed by atoms with van der Waals surface area (Å²) in [5.41, 5.74) is 0.928. The summed E-state index contributed by atoms with van der Waals surface area (Å²) in [7, 11) is 0. The smallest absolute Gasteiger partial charge is 0.125 e. The van der Waals surface area contributed by atoms with Crippen LogP contribution >= 0.6 is 0 Å². The van der Waals surface area contributed by atoms with Crippen LogP contribution in [-0.2, 0) is 0 Å². The normalized spacial score (nSPS) is 42.5. The van der Waals surface area contributed by atoms with E-state index in [4.69, 9.17) is 4.74 Å². The zero-order chi connectivity index (χ0) is 11.5.